The molecule has 4 aromatic rings. The minimum Gasteiger partial charge on any atom is -0.507 e. The highest BCUT2D eigenvalue weighted by molar-refractivity contribution is 6.30. The van der Waals surface area contributed by atoms with Gasteiger partial charge in [0.1, 0.15) is 11.5 Å². The number of nitrogens with zero attached hydrogens (tertiary/aromatic N) is 3. The average Bonchev–Trinajstić information content (AvgIpc) is 3.15. The normalized spacial score (nSPS) is 10.8. The lowest BCUT2D eigenvalue weighted by molar-refractivity contribution is 0.0697. The minimum absolute atomic E-state index is 0.00717. The number of aromatic nitrogens is 3. The molecule has 144 valence electrons. The number of phenols is 2. The summed E-state index contributed by atoms with van der Waals surface area (Å²) < 4.78 is 1.46. The molecule has 0 aliphatic heterocycles. The first-order valence-corrected chi connectivity index (χ1v) is 8.90. The van der Waals surface area contributed by atoms with Crippen LogP contribution in [0.15, 0.2) is 66.7 Å². The van der Waals surface area contributed by atoms with Crippen molar-refractivity contribution in [2.45, 2.75) is 0 Å². The number of benzene rings is 3. The van der Waals surface area contributed by atoms with Crippen LogP contribution in [0.2, 0.25) is 5.02 Å². The predicted octanol–water partition coefficient (Wildman–Crippen LogP) is 4.36. The van der Waals surface area contributed by atoms with E-state index in [4.69, 9.17) is 16.7 Å². The SMILES string of the molecule is O=C(O)c1ccc(-n2nc(-c3ccccc3O)nc2-c2cc(Cl)ccc2O)cc1. The van der Waals surface area contributed by atoms with E-state index < -0.39 is 5.97 Å². The van der Waals surface area contributed by atoms with Crippen molar-refractivity contribution < 1.29 is 20.1 Å². The highest BCUT2D eigenvalue weighted by Crippen LogP contribution is 2.35. The monoisotopic (exact) mass is 407 g/mol. The van der Waals surface area contributed by atoms with Gasteiger partial charge < -0.3 is 15.3 Å². The van der Waals surface area contributed by atoms with Crippen LogP contribution < -0.4 is 0 Å². The molecule has 0 amide bonds. The molecule has 0 fully saturated rings. The number of para-hydroxylation sites is 1. The molecule has 4 rings (SSSR count). The standard InChI is InChI=1S/C21H14ClN3O4/c22-13-7-10-18(27)16(11-13)20-23-19(15-3-1-2-4-17(15)26)24-25(20)14-8-5-12(6-9-14)21(28)29/h1-11,26-27H,(H,28,29). The van der Waals surface area contributed by atoms with Crippen LogP contribution in [-0.4, -0.2) is 36.1 Å². The smallest absolute Gasteiger partial charge is 0.335 e. The van der Waals surface area contributed by atoms with Crippen LogP contribution in [0, 0.1) is 0 Å². The topological polar surface area (TPSA) is 108 Å². The van der Waals surface area contributed by atoms with Gasteiger partial charge in [0.15, 0.2) is 11.6 Å². The van der Waals surface area contributed by atoms with Crippen LogP contribution in [0.3, 0.4) is 0 Å². The fourth-order valence-corrected chi connectivity index (χ4v) is 3.05. The molecule has 0 saturated carbocycles. The molecule has 29 heavy (non-hydrogen) atoms. The number of carboxylic acids is 1. The van der Waals surface area contributed by atoms with Crippen molar-refractivity contribution in [1.29, 1.82) is 0 Å². The van der Waals surface area contributed by atoms with E-state index in [0.29, 0.717) is 21.8 Å². The van der Waals surface area contributed by atoms with Gasteiger partial charge in [-0.05, 0) is 54.6 Å². The highest BCUT2D eigenvalue weighted by atomic mass is 35.5. The second kappa shape index (κ2) is 7.29. The van der Waals surface area contributed by atoms with Gasteiger partial charge in [-0.15, -0.1) is 5.10 Å². The Morgan fingerprint density at radius 2 is 1.59 bits per heavy atom. The number of aromatic carboxylic acids is 1. The van der Waals surface area contributed by atoms with E-state index in [0.717, 1.165) is 0 Å². The Balaban J connectivity index is 1.94. The van der Waals surface area contributed by atoms with Gasteiger partial charge >= 0.3 is 5.97 Å². The summed E-state index contributed by atoms with van der Waals surface area (Å²) in [5, 5.41) is 34.5. The van der Waals surface area contributed by atoms with E-state index >= 15 is 0 Å². The third-order valence-corrected chi connectivity index (χ3v) is 4.55. The molecular weight excluding hydrogens is 394 g/mol. The van der Waals surface area contributed by atoms with Gasteiger partial charge in [0.05, 0.1) is 22.4 Å². The molecule has 0 aliphatic carbocycles. The summed E-state index contributed by atoms with van der Waals surface area (Å²) in [6, 6.07) is 17.2. The van der Waals surface area contributed by atoms with E-state index in [1.165, 1.54) is 28.9 Å². The van der Waals surface area contributed by atoms with E-state index in [-0.39, 0.29) is 28.7 Å². The number of carbonyl (C=O) groups is 1. The van der Waals surface area contributed by atoms with Crippen molar-refractivity contribution in [2.24, 2.45) is 0 Å². The maximum absolute atomic E-state index is 11.1. The number of hydrogen-bond acceptors (Lipinski definition) is 5. The van der Waals surface area contributed by atoms with Gasteiger partial charge in [-0.25, -0.2) is 14.5 Å². The van der Waals surface area contributed by atoms with E-state index in [1.54, 1.807) is 42.5 Å². The number of aromatic hydroxyl groups is 2. The van der Waals surface area contributed by atoms with Crippen molar-refractivity contribution >= 4 is 17.6 Å². The summed E-state index contributed by atoms with van der Waals surface area (Å²) in [6.07, 6.45) is 0. The molecule has 0 radical (unpaired) electrons. The third kappa shape index (κ3) is 3.51. The maximum atomic E-state index is 11.1. The van der Waals surface area contributed by atoms with Crippen molar-refractivity contribution in [3.8, 4) is 40.0 Å². The number of phenolic OH excluding ortho intramolecular Hbond substituents is 2. The maximum Gasteiger partial charge on any atom is 0.335 e. The largest absolute Gasteiger partial charge is 0.507 e. The zero-order valence-electron chi connectivity index (χ0n) is 14.8. The van der Waals surface area contributed by atoms with E-state index in [9.17, 15) is 15.0 Å². The fourth-order valence-electron chi connectivity index (χ4n) is 2.88. The lowest BCUT2D eigenvalue weighted by atomic mass is 10.1. The molecule has 0 unspecified atom stereocenters. The zero-order chi connectivity index (χ0) is 20.5. The Hall–Kier alpha value is -3.84. The Morgan fingerprint density at radius 1 is 0.897 bits per heavy atom. The molecule has 0 aliphatic rings. The molecule has 0 saturated heterocycles. The predicted molar refractivity (Wildman–Crippen MR) is 108 cm³/mol. The molecule has 3 N–H and O–H groups in total. The van der Waals surface area contributed by atoms with Crippen molar-refractivity contribution in [3.63, 3.8) is 0 Å². The highest BCUT2D eigenvalue weighted by Gasteiger charge is 2.19. The number of hydrogen-bond donors (Lipinski definition) is 3. The van der Waals surface area contributed by atoms with Gasteiger partial charge in [-0.1, -0.05) is 23.7 Å². The second-order valence-electron chi connectivity index (χ2n) is 6.20. The summed E-state index contributed by atoms with van der Waals surface area (Å²) in [4.78, 5) is 15.6. The van der Waals surface area contributed by atoms with Gasteiger partial charge in [-0.3, -0.25) is 0 Å². The summed E-state index contributed by atoms with van der Waals surface area (Å²) in [7, 11) is 0. The van der Waals surface area contributed by atoms with Crippen molar-refractivity contribution in [2.75, 3.05) is 0 Å². The van der Waals surface area contributed by atoms with Crippen LogP contribution in [0.25, 0.3) is 28.5 Å². The van der Waals surface area contributed by atoms with Crippen LogP contribution in [0.4, 0.5) is 0 Å². The molecule has 8 heteroatoms. The summed E-state index contributed by atoms with van der Waals surface area (Å²) in [6.45, 7) is 0. The Labute approximate surface area is 170 Å². The van der Waals surface area contributed by atoms with Gasteiger partial charge in [0.25, 0.3) is 0 Å². The third-order valence-electron chi connectivity index (χ3n) is 4.31. The van der Waals surface area contributed by atoms with Crippen LogP contribution in [0.1, 0.15) is 10.4 Å². The van der Waals surface area contributed by atoms with Gasteiger partial charge in [0, 0.05) is 5.02 Å². The number of rotatable bonds is 4. The molecule has 0 bridgehead atoms. The molecule has 7 nitrogen and oxygen atoms in total. The summed E-state index contributed by atoms with van der Waals surface area (Å²) in [5.41, 5.74) is 1.41. The summed E-state index contributed by atoms with van der Waals surface area (Å²) >= 11 is 6.10. The summed E-state index contributed by atoms with van der Waals surface area (Å²) in [5.74, 6) is -0.564. The van der Waals surface area contributed by atoms with Gasteiger partial charge in [-0.2, -0.15) is 0 Å². The molecule has 1 aromatic heterocycles. The first kappa shape index (κ1) is 18.5. The lowest BCUT2D eigenvalue weighted by Crippen LogP contribution is -2.02. The Bertz CT molecular complexity index is 1220. The first-order valence-electron chi connectivity index (χ1n) is 8.52. The fraction of sp³-hybridized carbons (Fsp3) is 0. The number of carboxylic acid groups (broad SMARTS) is 1. The quantitative estimate of drug-likeness (QED) is 0.463. The molecular formula is C21H14ClN3O4. The lowest BCUT2D eigenvalue weighted by Gasteiger charge is -2.08. The first-order chi connectivity index (χ1) is 13.9. The van der Waals surface area contributed by atoms with Crippen molar-refractivity contribution in [1.82, 2.24) is 14.8 Å². The zero-order valence-corrected chi connectivity index (χ0v) is 15.6. The molecule has 3 aromatic carbocycles. The van der Waals surface area contributed by atoms with Crippen LogP contribution in [0.5, 0.6) is 11.5 Å². The minimum atomic E-state index is -1.04. The van der Waals surface area contributed by atoms with Crippen LogP contribution in [-0.2, 0) is 0 Å². The van der Waals surface area contributed by atoms with Crippen molar-refractivity contribution in [3.05, 3.63) is 77.3 Å². The average molecular weight is 408 g/mol. The number of halogens is 1. The van der Waals surface area contributed by atoms with Gasteiger partial charge in [0.2, 0.25) is 0 Å². The molecule has 0 spiro atoms. The Morgan fingerprint density at radius 3 is 2.28 bits per heavy atom. The van der Waals surface area contributed by atoms with E-state index in [1.807, 2.05) is 0 Å². The molecule has 0 atom stereocenters. The van der Waals surface area contributed by atoms with E-state index in [2.05, 4.69) is 10.1 Å². The Kier molecular flexibility index (Phi) is 4.66. The molecule has 1 heterocycles. The second-order valence-corrected chi connectivity index (χ2v) is 6.64. The van der Waals surface area contributed by atoms with Crippen LogP contribution >= 0.6 is 11.6 Å².